The molecule has 0 aliphatic carbocycles. The fraction of sp³-hybridized carbons (Fsp3) is 0.250. The highest BCUT2D eigenvalue weighted by Crippen LogP contribution is 2.29. The normalized spacial score (nSPS) is 10.8. The van der Waals surface area contributed by atoms with E-state index < -0.39 is 0 Å². The molecule has 0 spiro atoms. The Balaban J connectivity index is 1.43. The van der Waals surface area contributed by atoms with Crippen molar-refractivity contribution in [1.29, 1.82) is 0 Å². The summed E-state index contributed by atoms with van der Waals surface area (Å²) >= 11 is 0. The van der Waals surface area contributed by atoms with Crippen molar-refractivity contribution in [1.82, 2.24) is 9.55 Å². The average Bonchev–Trinajstić information content (AvgIpc) is 3.23. The lowest BCUT2D eigenvalue weighted by Gasteiger charge is -2.13. The SMILES string of the molecule is C=CCc1ccc(OCCCCn2c(-c3ccc(OC)cc3)nc3ccccc32)c(OC)c1. The lowest BCUT2D eigenvalue weighted by atomic mass is 10.1. The average molecular weight is 443 g/mol. The van der Waals surface area contributed by atoms with Gasteiger partial charge in [-0.25, -0.2) is 4.98 Å². The van der Waals surface area contributed by atoms with E-state index in [1.54, 1.807) is 14.2 Å². The van der Waals surface area contributed by atoms with E-state index in [0.717, 1.165) is 71.0 Å². The molecule has 0 saturated heterocycles. The van der Waals surface area contributed by atoms with Crippen molar-refractivity contribution in [3.63, 3.8) is 0 Å². The summed E-state index contributed by atoms with van der Waals surface area (Å²) in [6.45, 7) is 5.28. The number of hydrogen-bond acceptors (Lipinski definition) is 4. The number of para-hydroxylation sites is 2. The molecule has 0 aliphatic heterocycles. The van der Waals surface area contributed by atoms with Crippen LogP contribution in [0.2, 0.25) is 0 Å². The molecule has 0 fully saturated rings. The summed E-state index contributed by atoms with van der Waals surface area (Å²) in [6.07, 6.45) is 4.59. The van der Waals surface area contributed by atoms with Gasteiger partial charge < -0.3 is 18.8 Å². The van der Waals surface area contributed by atoms with Gasteiger partial charge in [0.05, 0.1) is 31.9 Å². The summed E-state index contributed by atoms with van der Waals surface area (Å²) in [5, 5.41) is 0. The second-order valence-corrected chi connectivity index (χ2v) is 7.84. The highest BCUT2D eigenvalue weighted by molar-refractivity contribution is 5.80. The maximum atomic E-state index is 6.02. The molecule has 5 heteroatoms. The quantitative estimate of drug-likeness (QED) is 0.202. The number of nitrogens with zero attached hydrogens (tertiary/aromatic N) is 2. The third kappa shape index (κ3) is 5.20. The van der Waals surface area contributed by atoms with Gasteiger partial charge >= 0.3 is 0 Å². The predicted molar refractivity (Wildman–Crippen MR) is 133 cm³/mol. The summed E-state index contributed by atoms with van der Waals surface area (Å²) < 4.78 is 19.1. The fourth-order valence-electron chi connectivity index (χ4n) is 3.94. The van der Waals surface area contributed by atoms with Gasteiger partial charge in [-0.3, -0.25) is 0 Å². The Kier molecular flexibility index (Phi) is 7.30. The molecule has 1 heterocycles. The number of allylic oxidation sites excluding steroid dienone is 1. The zero-order valence-corrected chi connectivity index (χ0v) is 19.3. The second-order valence-electron chi connectivity index (χ2n) is 7.84. The molecule has 0 radical (unpaired) electrons. The first-order valence-corrected chi connectivity index (χ1v) is 11.2. The van der Waals surface area contributed by atoms with Crippen LogP contribution in [0.1, 0.15) is 18.4 Å². The summed E-state index contributed by atoms with van der Waals surface area (Å²) in [5.74, 6) is 3.35. The number of rotatable bonds is 11. The van der Waals surface area contributed by atoms with E-state index >= 15 is 0 Å². The topological polar surface area (TPSA) is 45.5 Å². The van der Waals surface area contributed by atoms with E-state index in [4.69, 9.17) is 19.2 Å². The molecule has 33 heavy (non-hydrogen) atoms. The fourth-order valence-corrected chi connectivity index (χ4v) is 3.94. The minimum atomic E-state index is 0.627. The second kappa shape index (κ2) is 10.7. The molecule has 4 aromatic rings. The Morgan fingerprint density at radius 2 is 1.73 bits per heavy atom. The Hall–Kier alpha value is -3.73. The van der Waals surface area contributed by atoms with Gasteiger partial charge in [-0.15, -0.1) is 6.58 Å². The first kappa shape index (κ1) is 22.5. The summed E-state index contributed by atoms with van der Waals surface area (Å²) in [7, 11) is 3.35. The molecule has 0 bridgehead atoms. The zero-order chi connectivity index (χ0) is 23.0. The smallest absolute Gasteiger partial charge is 0.161 e. The number of aromatic nitrogens is 2. The zero-order valence-electron chi connectivity index (χ0n) is 19.3. The van der Waals surface area contributed by atoms with Gasteiger partial charge in [0, 0.05) is 12.1 Å². The molecule has 0 aliphatic rings. The molecular weight excluding hydrogens is 412 g/mol. The van der Waals surface area contributed by atoms with Gasteiger partial charge in [0.1, 0.15) is 11.6 Å². The van der Waals surface area contributed by atoms with Crippen LogP contribution in [0.3, 0.4) is 0 Å². The summed E-state index contributed by atoms with van der Waals surface area (Å²) in [6, 6.07) is 22.4. The standard InChI is InChI=1S/C28H30N2O3/c1-4-9-21-12-17-26(27(20-21)32-3)33-19-8-7-18-30-25-11-6-5-10-24(25)29-28(30)22-13-15-23(31-2)16-14-22/h4-6,10-17,20H,1,7-9,18-19H2,2-3H3. The van der Waals surface area contributed by atoms with Crippen LogP contribution < -0.4 is 14.2 Å². The van der Waals surface area contributed by atoms with Gasteiger partial charge in [0.15, 0.2) is 11.5 Å². The van der Waals surface area contributed by atoms with Gasteiger partial charge in [0.2, 0.25) is 0 Å². The van der Waals surface area contributed by atoms with E-state index in [1.807, 2.05) is 36.4 Å². The third-order valence-corrected chi connectivity index (χ3v) is 5.64. The van der Waals surface area contributed by atoms with Crippen molar-refractivity contribution >= 4 is 11.0 Å². The summed E-state index contributed by atoms with van der Waals surface area (Å²) in [5.41, 5.74) is 4.38. The number of unbranched alkanes of at least 4 members (excludes halogenated alkanes) is 1. The van der Waals surface area contributed by atoms with Crippen molar-refractivity contribution in [3.05, 3.63) is 84.9 Å². The van der Waals surface area contributed by atoms with Crippen molar-refractivity contribution in [3.8, 4) is 28.6 Å². The Bertz CT molecular complexity index is 1210. The van der Waals surface area contributed by atoms with E-state index in [-0.39, 0.29) is 0 Å². The van der Waals surface area contributed by atoms with Crippen molar-refractivity contribution in [2.75, 3.05) is 20.8 Å². The monoisotopic (exact) mass is 442 g/mol. The van der Waals surface area contributed by atoms with E-state index in [1.165, 1.54) is 0 Å². The van der Waals surface area contributed by atoms with Crippen LogP contribution in [0.25, 0.3) is 22.4 Å². The molecule has 170 valence electrons. The molecule has 0 atom stereocenters. The van der Waals surface area contributed by atoms with Crippen molar-refractivity contribution in [2.24, 2.45) is 0 Å². The maximum absolute atomic E-state index is 6.02. The van der Waals surface area contributed by atoms with Gasteiger partial charge in [-0.1, -0.05) is 24.3 Å². The van der Waals surface area contributed by atoms with Crippen molar-refractivity contribution < 1.29 is 14.2 Å². The largest absolute Gasteiger partial charge is 0.497 e. The highest BCUT2D eigenvalue weighted by Gasteiger charge is 2.12. The summed E-state index contributed by atoms with van der Waals surface area (Å²) in [4.78, 5) is 4.90. The number of methoxy groups -OCH3 is 2. The van der Waals surface area contributed by atoms with Gasteiger partial charge in [-0.05, 0) is 73.4 Å². The molecular formula is C28H30N2O3. The van der Waals surface area contributed by atoms with Crippen LogP contribution in [-0.2, 0) is 13.0 Å². The molecule has 0 amide bonds. The third-order valence-electron chi connectivity index (χ3n) is 5.64. The van der Waals surface area contributed by atoms with Crippen LogP contribution in [-0.4, -0.2) is 30.4 Å². The van der Waals surface area contributed by atoms with Crippen LogP contribution >= 0.6 is 0 Å². The number of imidazole rings is 1. The number of ether oxygens (including phenoxy) is 3. The molecule has 0 unspecified atom stereocenters. The van der Waals surface area contributed by atoms with E-state index in [2.05, 4.69) is 47.5 Å². The molecule has 1 aromatic heterocycles. The Morgan fingerprint density at radius 3 is 2.48 bits per heavy atom. The van der Waals surface area contributed by atoms with Gasteiger partial charge in [0.25, 0.3) is 0 Å². The van der Waals surface area contributed by atoms with Crippen LogP contribution in [0.5, 0.6) is 17.2 Å². The van der Waals surface area contributed by atoms with E-state index in [9.17, 15) is 0 Å². The maximum Gasteiger partial charge on any atom is 0.161 e. The number of fused-ring (bicyclic) bond motifs is 1. The minimum absolute atomic E-state index is 0.627. The molecule has 0 saturated carbocycles. The first-order chi connectivity index (χ1) is 16.2. The number of benzene rings is 3. The molecule has 3 aromatic carbocycles. The molecule has 4 rings (SSSR count). The molecule has 0 N–H and O–H groups in total. The van der Waals surface area contributed by atoms with E-state index in [0.29, 0.717) is 6.61 Å². The van der Waals surface area contributed by atoms with Gasteiger partial charge in [-0.2, -0.15) is 0 Å². The van der Waals surface area contributed by atoms with Crippen LogP contribution in [0.4, 0.5) is 0 Å². The Labute approximate surface area is 195 Å². The first-order valence-electron chi connectivity index (χ1n) is 11.2. The van der Waals surface area contributed by atoms with Crippen LogP contribution in [0.15, 0.2) is 79.4 Å². The lowest BCUT2D eigenvalue weighted by molar-refractivity contribution is 0.284. The number of hydrogen-bond donors (Lipinski definition) is 0. The van der Waals surface area contributed by atoms with Crippen molar-refractivity contribution in [2.45, 2.75) is 25.8 Å². The highest BCUT2D eigenvalue weighted by atomic mass is 16.5. The molecule has 5 nitrogen and oxygen atoms in total. The van der Waals surface area contributed by atoms with Crippen LogP contribution in [0, 0.1) is 0 Å². The predicted octanol–water partition coefficient (Wildman–Crippen LogP) is 6.31. The number of aryl methyl sites for hydroxylation is 1. The Morgan fingerprint density at radius 1 is 0.909 bits per heavy atom. The lowest BCUT2D eigenvalue weighted by Crippen LogP contribution is -2.04. The minimum Gasteiger partial charge on any atom is -0.497 e.